The van der Waals surface area contributed by atoms with Crippen molar-refractivity contribution >= 4 is 17.7 Å². The van der Waals surface area contributed by atoms with Crippen LogP contribution in [0.4, 0.5) is 0 Å². The zero-order valence-corrected chi connectivity index (χ0v) is 6.70. The maximum atomic E-state index is 10.6. The van der Waals surface area contributed by atoms with Gasteiger partial charge in [-0.2, -0.15) is 0 Å². The van der Waals surface area contributed by atoms with Gasteiger partial charge in [0.2, 0.25) is 0 Å². The molecule has 5 nitrogen and oxygen atoms in total. The van der Waals surface area contributed by atoms with Gasteiger partial charge in [-0.15, -0.1) is 0 Å². The smallest absolute Gasteiger partial charge is 0.372 e. The number of carbonyl (C=O) groups is 3. The molecule has 0 saturated heterocycles. The SMILES string of the molecule is CCCOC(=O)CC(=O)C(=O)O. The molecule has 0 saturated carbocycles. The van der Waals surface area contributed by atoms with E-state index in [-0.39, 0.29) is 6.61 Å². The lowest BCUT2D eigenvalue weighted by atomic mass is 10.3. The number of hydrogen-bond acceptors (Lipinski definition) is 4. The predicted octanol–water partition coefficient (Wildman–Crippen LogP) is -0.0166. The minimum Gasteiger partial charge on any atom is -0.475 e. The second kappa shape index (κ2) is 5.29. The van der Waals surface area contributed by atoms with Gasteiger partial charge < -0.3 is 9.84 Å². The highest BCUT2D eigenvalue weighted by Gasteiger charge is 2.16. The average Bonchev–Trinajstić information content (AvgIpc) is 2.00. The number of Topliss-reactive ketones (excluding diaryl/α,β-unsaturated/α-hetero) is 1. The number of hydrogen-bond donors (Lipinski definition) is 1. The van der Waals surface area contributed by atoms with E-state index in [4.69, 9.17) is 5.11 Å². The molecule has 12 heavy (non-hydrogen) atoms. The van der Waals surface area contributed by atoms with Crippen molar-refractivity contribution in [3.8, 4) is 0 Å². The van der Waals surface area contributed by atoms with Crippen LogP contribution in [0.2, 0.25) is 0 Å². The number of carboxylic acids is 1. The van der Waals surface area contributed by atoms with Crippen LogP contribution in [0.15, 0.2) is 0 Å². The van der Waals surface area contributed by atoms with E-state index in [2.05, 4.69) is 4.74 Å². The zero-order chi connectivity index (χ0) is 9.56. The minimum atomic E-state index is -1.61. The van der Waals surface area contributed by atoms with Crippen LogP contribution >= 0.6 is 0 Å². The number of carboxylic acid groups (broad SMARTS) is 1. The first kappa shape index (κ1) is 10.6. The molecule has 0 rings (SSSR count). The molecule has 0 aliphatic heterocycles. The number of esters is 1. The summed E-state index contributed by atoms with van der Waals surface area (Å²) in [5.74, 6) is -3.54. The van der Waals surface area contributed by atoms with Gasteiger partial charge in [-0.05, 0) is 6.42 Å². The molecule has 0 bridgehead atoms. The number of aliphatic carboxylic acids is 1. The molecule has 0 aromatic heterocycles. The summed E-state index contributed by atoms with van der Waals surface area (Å²) in [5, 5.41) is 8.10. The van der Waals surface area contributed by atoms with Crippen LogP contribution in [-0.2, 0) is 19.1 Å². The second-order valence-electron chi connectivity index (χ2n) is 2.13. The van der Waals surface area contributed by atoms with E-state index < -0.39 is 24.1 Å². The van der Waals surface area contributed by atoms with Gasteiger partial charge in [0.15, 0.2) is 0 Å². The summed E-state index contributed by atoms with van der Waals surface area (Å²) >= 11 is 0. The van der Waals surface area contributed by atoms with Crippen molar-refractivity contribution in [2.24, 2.45) is 0 Å². The molecule has 0 aliphatic rings. The van der Waals surface area contributed by atoms with Crippen molar-refractivity contribution in [2.45, 2.75) is 19.8 Å². The van der Waals surface area contributed by atoms with E-state index in [1.54, 1.807) is 6.92 Å². The summed E-state index contributed by atoms with van der Waals surface area (Å²) in [6.07, 6.45) is -0.0393. The lowest BCUT2D eigenvalue weighted by Gasteiger charge is -1.99. The molecular weight excluding hydrogens is 164 g/mol. The summed E-state index contributed by atoms with van der Waals surface area (Å²) in [6.45, 7) is 2.01. The fourth-order valence-corrected chi connectivity index (χ4v) is 0.474. The largest absolute Gasteiger partial charge is 0.475 e. The minimum absolute atomic E-state index is 0.214. The van der Waals surface area contributed by atoms with Crippen LogP contribution in [-0.4, -0.2) is 29.4 Å². The molecule has 5 heteroatoms. The summed E-state index contributed by atoms with van der Waals surface area (Å²) in [4.78, 5) is 31.0. The monoisotopic (exact) mass is 174 g/mol. The normalized spacial score (nSPS) is 9.08. The highest BCUT2D eigenvalue weighted by atomic mass is 16.5. The summed E-state index contributed by atoms with van der Waals surface area (Å²) < 4.78 is 4.49. The molecule has 68 valence electrons. The second-order valence-corrected chi connectivity index (χ2v) is 2.13. The van der Waals surface area contributed by atoms with Gasteiger partial charge in [0.1, 0.15) is 6.42 Å². The fraction of sp³-hybridized carbons (Fsp3) is 0.571. The summed E-state index contributed by atoms with van der Waals surface area (Å²) in [5.41, 5.74) is 0. The quantitative estimate of drug-likeness (QED) is 0.360. The Morgan fingerprint density at radius 1 is 1.33 bits per heavy atom. The number of ether oxygens (including phenoxy) is 1. The van der Waals surface area contributed by atoms with E-state index >= 15 is 0 Å². The highest BCUT2D eigenvalue weighted by molar-refractivity contribution is 6.35. The first-order valence-corrected chi connectivity index (χ1v) is 3.49. The highest BCUT2D eigenvalue weighted by Crippen LogP contribution is 1.90. The summed E-state index contributed by atoms with van der Waals surface area (Å²) in [7, 11) is 0. The molecule has 1 N–H and O–H groups in total. The third-order valence-corrected chi connectivity index (χ3v) is 1.01. The van der Waals surface area contributed by atoms with Gasteiger partial charge in [0.05, 0.1) is 6.61 Å². The molecule has 0 aromatic rings. The Morgan fingerprint density at radius 3 is 2.33 bits per heavy atom. The maximum Gasteiger partial charge on any atom is 0.372 e. The van der Waals surface area contributed by atoms with Gasteiger partial charge in [-0.25, -0.2) is 4.79 Å². The number of rotatable bonds is 5. The topological polar surface area (TPSA) is 80.7 Å². The maximum absolute atomic E-state index is 10.6. The predicted molar refractivity (Wildman–Crippen MR) is 38.5 cm³/mol. The Bertz CT molecular complexity index is 196. The van der Waals surface area contributed by atoms with E-state index in [1.165, 1.54) is 0 Å². The number of carbonyl (C=O) groups excluding carboxylic acids is 2. The van der Waals surface area contributed by atoms with Crippen molar-refractivity contribution < 1.29 is 24.2 Å². The molecule has 0 atom stereocenters. The van der Waals surface area contributed by atoms with Crippen LogP contribution in [0.1, 0.15) is 19.8 Å². The lowest BCUT2D eigenvalue weighted by Crippen LogP contribution is -2.18. The summed E-state index contributed by atoms with van der Waals surface area (Å²) in [6, 6.07) is 0. The molecular formula is C7H10O5. The van der Waals surface area contributed by atoms with E-state index in [0.717, 1.165) is 0 Å². The third kappa shape index (κ3) is 4.43. The van der Waals surface area contributed by atoms with Crippen LogP contribution in [0.25, 0.3) is 0 Å². The van der Waals surface area contributed by atoms with E-state index in [9.17, 15) is 14.4 Å². The Balaban J connectivity index is 3.69. The Morgan fingerprint density at radius 2 is 1.92 bits per heavy atom. The Labute approximate surface area is 69.3 Å². The van der Waals surface area contributed by atoms with Crippen LogP contribution < -0.4 is 0 Å². The lowest BCUT2D eigenvalue weighted by molar-refractivity contribution is -0.154. The molecule has 0 unspecified atom stereocenters. The van der Waals surface area contributed by atoms with Crippen molar-refractivity contribution in [1.82, 2.24) is 0 Å². The van der Waals surface area contributed by atoms with Crippen molar-refractivity contribution in [2.75, 3.05) is 6.61 Å². The fourth-order valence-electron chi connectivity index (χ4n) is 0.474. The molecule has 0 heterocycles. The third-order valence-electron chi connectivity index (χ3n) is 1.01. The van der Waals surface area contributed by atoms with Crippen molar-refractivity contribution in [3.05, 3.63) is 0 Å². The molecule has 0 aromatic carbocycles. The molecule has 0 spiro atoms. The van der Waals surface area contributed by atoms with Crippen LogP contribution in [0.3, 0.4) is 0 Å². The van der Waals surface area contributed by atoms with Crippen molar-refractivity contribution in [1.29, 1.82) is 0 Å². The molecule has 0 fully saturated rings. The van der Waals surface area contributed by atoms with Crippen molar-refractivity contribution in [3.63, 3.8) is 0 Å². The first-order valence-electron chi connectivity index (χ1n) is 3.49. The van der Waals surface area contributed by atoms with Crippen LogP contribution in [0.5, 0.6) is 0 Å². The zero-order valence-electron chi connectivity index (χ0n) is 6.70. The number of ketones is 1. The molecule has 0 radical (unpaired) electrons. The van der Waals surface area contributed by atoms with Gasteiger partial charge in [0.25, 0.3) is 5.78 Å². The standard InChI is InChI=1S/C7H10O5/c1-2-3-12-6(9)4-5(8)7(10)11/h2-4H2,1H3,(H,10,11). The molecule has 0 amide bonds. The first-order chi connectivity index (χ1) is 5.57. The van der Waals surface area contributed by atoms with Gasteiger partial charge >= 0.3 is 11.9 Å². The average molecular weight is 174 g/mol. The van der Waals surface area contributed by atoms with E-state index in [1.807, 2.05) is 0 Å². The van der Waals surface area contributed by atoms with E-state index in [0.29, 0.717) is 6.42 Å². The van der Waals surface area contributed by atoms with Gasteiger partial charge in [-0.3, -0.25) is 9.59 Å². The Kier molecular flexibility index (Phi) is 4.67. The van der Waals surface area contributed by atoms with Crippen LogP contribution in [0, 0.1) is 0 Å². The van der Waals surface area contributed by atoms with Gasteiger partial charge in [0, 0.05) is 0 Å². The van der Waals surface area contributed by atoms with Gasteiger partial charge in [-0.1, -0.05) is 6.92 Å². The molecule has 0 aliphatic carbocycles. The Hall–Kier alpha value is -1.39.